The van der Waals surface area contributed by atoms with Gasteiger partial charge in [-0.2, -0.15) is 0 Å². The molecule has 0 aromatic carbocycles. The van der Waals surface area contributed by atoms with Crippen LogP contribution in [0.15, 0.2) is 0 Å². The van der Waals surface area contributed by atoms with Crippen molar-refractivity contribution in [2.45, 2.75) is 33.2 Å². The Bertz CT molecular complexity index is 317. The van der Waals surface area contributed by atoms with Crippen LogP contribution in [0.4, 0.5) is 4.79 Å². The Hall–Kier alpha value is -1.79. The van der Waals surface area contributed by atoms with Gasteiger partial charge in [-0.25, -0.2) is 9.59 Å². The van der Waals surface area contributed by atoms with Crippen molar-refractivity contribution < 1.29 is 24.6 Å². The number of nitrogens with zero attached hydrogens (tertiary/aromatic N) is 1. The largest absolute Gasteiger partial charge is 0.481 e. The van der Waals surface area contributed by atoms with Gasteiger partial charge >= 0.3 is 18.0 Å². The van der Waals surface area contributed by atoms with Crippen LogP contribution in [-0.2, 0) is 9.59 Å². The minimum atomic E-state index is -1.41. The molecule has 0 aromatic rings. The summed E-state index contributed by atoms with van der Waals surface area (Å²) in [6, 6.07) is -1.96. The van der Waals surface area contributed by atoms with E-state index < -0.39 is 30.4 Å². The van der Waals surface area contributed by atoms with Gasteiger partial charge in [0.2, 0.25) is 0 Å². The van der Waals surface area contributed by atoms with Crippen LogP contribution in [0.3, 0.4) is 0 Å². The van der Waals surface area contributed by atoms with Gasteiger partial charge in [-0.3, -0.25) is 4.79 Å². The minimum absolute atomic E-state index is 0.249. The van der Waals surface area contributed by atoms with E-state index in [4.69, 9.17) is 10.2 Å². The molecule has 0 spiro atoms. The average molecular weight is 260 g/mol. The van der Waals surface area contributed by atoms with E-state index in [1.165, 1.54) is 4.90 Å². The maximum absolute atomic E-state index is 11.8. The molecule has 0 aliphatic carbocycles. The SMILES string of the molecule is CCN(CC(C)C)C(=O)NC(CC(=O)O)C(=O)O. The number of nitrogens with one attached hydrogen (secondary N) is 1. The summed E-state index contributed by atoms with van der Waals surface area (Å²) in [6.07, 6.45) is -0.639. The molecule has 0 aromatic heterocycles. The highest BCUT2D eigenvalue weighted by Gasteiger charge is 2.25. The Morgan fingerprint density at radius 3 is 2.11 bits per heavy atom. The van der Waals surface area contributed by atoms with Crippen molar-refractivity contribution in [3.63, 3.8) is 0 Å². The second-order valence-corrected chi connectivity index (χ2v) is 4.37. The number of rotatable bonds is 7. The van der Waals surface area contributed by atoms with Crippen molar-refractivity contribution in [3.8, 4) is 0 Å². The summed E-state index contributed by atoms with van der Waals surface area (Å²) < 4.78 is 0. The van der Waals surface area contributed by atoms with E-state index in [2.05, 4.69) is 5.32 Å². The molecule has 104 valence electrons. The van der Waals surface area contributed by atoms with Gasteiger partial charge in [0.15, 0.2) is 0 Å². The summed E-state index contributed by atoms with van der Waals surface area (Å²) in [6.45, 7) is 6.56. The lowest BCUT2D eigenvalue weighted by atomic mass is 10.2. The van der Waals surface area contributed by atoms with Gasteiger partial charge in [-0.05, 0) is 12.8 Å². The predicted molar refractivity (Wildman–Crippen MR) is 64.3 cm³/mol. The number of hydrogen-bond donors (Lipinski definition) is 3. The summed E-state index contributed by atoms with van der Waals surface area (Å²) in [4.78, 5) is 34.5. The third-order valence-electron chi connectivity index (χ3n) is 2.23. The molecule has 0 aliphatic heterocycles. The number of aliphatic carboxylic acids is 2. The Balaban J connectivity index is 4.56. The van der Waals surface area contributed by atoms with E-state index in [-0.39, 0.29) is 5.92 Å². The van der Waals surface area contributed by atoms with E-state index in [1.807, 2.05) is 13.8 Å². The number of urea groups is 1. The van der Waals surface area contributed by atoms with Gasteiger partial charge in [-0.15, -0.1) is 0 Å². The molecular formula is C11H20N2O5. The molecule has 1 atom stereocenters. The van der Waals surface area contributed by atoms with Gasteiger partial charge < -0.3 is 20.4 Å². The van der Waals surface area contributed by atoms with Crippen LogP contribution in [0.25, 0.3) is 0 Å². The number of carboxylic acid groups (broad SMARTS) is 2. The zero-order valence-electron chi connectivity index (χ0n) is 10.8. The molecule has 3 N–H and O–H groups in total. The zero-order chi connectivity index (χ0) is 14.3. The fourth-order valence-corrected chi connectivity index (χ4v) is 1.41. The third kappa shape index (κ3) is 6.07. The lowest BCUT2D eigenvalue weighted by Crippen LogP contribution is -2.49. The molecule has 0 fully saturated rings. The lowest BCUT2D eigenvalue weighted by Gasteiger charge is -2.25. The van der Waals surface area contributed by atoms with Crippen molar-refractivity contribution in [2.75, 3.05) is 13.1 Å². The second kappa shape index (κ2) is 7.52. The van der Waals surface area contributed by atoms with Crippen molar-refractivity contribution in [3.05, 3.63) is 0 Å². The van der Waals surface area contributed by atoms with Crippen molar-refractivity contribution in [1.29, 1.82) is 0 Å². The van der Waals surface area contributed by atoms with Gasteiger partial charge in [0, 0.05) is 13.1 Å². The standard InChI is InChI=1S/C11H20N2O5/c1-4-13(6-7(2)3)11(18)12-8(10(16)17)5-9(14)15/h7-8H,4-6H2,1-3H3,(H,12,18)(H,14,15)(H,16,17). The van der Waals surface area contributed by atoms with E-state index >= 15 is 0 Å². The lowest BCUT2D eigenvalue weighted by molar-refractivity contribution is -0.145. The molecule has 0 saturated heterocycles. The van der Waals surface area contributed by atoms with Gasteiger partial charge in [0.05, 0.1) is 6.42 Å². The van der Waals surface area contributed by atoms with Crippen LogP contribution in [-0.4, -0.2) is 52.2 Å². The third-order valence-corrected chi connectivity index (χ3v) is 2.23. The van der Waals surface area contributed by atoms with E-state index in [9.17, 15) is 14.4 Å². The summed E-state index contributed by atoms with van der Waals surface area (Å²) in [5.41, 5.74) is 0. The average Bonchev–Trinajstić information content (AvgIpc) is 2.23. The smallest absolute Gasteiger partial charge is 0.326 e. The molecule has 18 heavy (non-hydrogen) atoms. The number of carbonyl (C=O) groups is 3. The first-order chi connectivity index (χ1) is 8.27. The van der Waals surface area contributed by atoms with Crippen LogP contribution >= 0.6 is 0 Å². The number of carbonyl (C=O) groups excluding carboxylic acids is 1. The summed E-state index contributed by atoms with van der Waals surface area (Å²) in [7, 11) is 0. The first-order valence-electron chi connectivity index (χ1n) is 5.77. The fourth-order valence-electron chi connectivity index (χ4n) is 1.41. The summed E-state index contributed by atoms with van der Waals surface area (Å²) in [5, 5.41) is 19.6. The highest BCUT2D eigenvalue weighted by atomic mass is 16.4. The van der Waals surface area contributed by atoms with E-state index in [0.717, 1.165) is 0 Å². The van der Waals surface area contributed by atoms with Gasteiger partial charge in [0.25, 0.3) is 0 Å². The van der Waals surface area contributed by atoms with Crippen LogP contribution in [0, 0.1) is 5.92 Å². The molecule has 2 amide bonds. The quantitative estimate of drug-likeness (QED) is 0.621. The van der Waals surface area contributed by atoms with Crippen molar-refractivity contribution in [1.82, 2.24) is 10.2 Å². The second-order valence-electron chi connectivity index (χ2n) is 4.37. The Morgan fingerprint density at radius 2 is 1.78 bits per heavy atom. The monoisotopic (exact) mass is 260 g/mol. The molecular weight excluding hydrogens is 240 g/mol. The molecule has 0 saturated carbocycles. The molecule has 0 heterocycles. The highest BCUT2D eigenvalue weighted by molar-refractivity contribution is 5.86. The molecule has 0 radical (unpaired) electrons. The predicted octanol–water partition coefficient (Wildman–Crippen LogP) is 0.602. The maximum Gasteiger partial charge on any atom is 0.326 e. The minimum Gasteiger partial charge on any atom is -0.481 e. The van der Waals surface area contributed by atoms with Crippen LogP contribution in [0.5, 0.6) is 0 Å². The first-order valence-corrected chi connectivity index (χ1v) is 5.77. The van der Waals surface area contributed by atoms with Crippen LogP contribution in [0.2, 0.25) is 0 Å². The van der Waals surface area contributed by atoms with E-state index in [0.29, 0.717) is 13.1 Å². The fraction of sp³-hybridized carbons (Fsp3) is 0.727. The molecule has 0 bridgehead atoms. The van der Waals surface area contributed by atoms with Crippen molar-refractivity contribution in [2.24, 2.45) is 5.92 Å². The van der Waals surface area contributed by atoms with Crippen LogP contribution in [0.1, 0.15) is 27.2 Å². The Kier molecular flexibility index (Phi) is 6.77. The Morgan fingerprint density at radius 1 is 1.22 bits per heavy atom. The number of amides is 2. The molecule has 1 unspecified atom stereocenters. The molecule has 0 rings (SSSR count). The Labute approximate surface area is 106 Å². The number of hydrogen-bond acceptors (Lipinski definition) is 3. The normalized spacial score (nSPS) is 12.0. The summed E-state index contributed by atoms with van der Waals surface area (Å²) in [5.74, 6) is -2.38. The topological polar surface area (TPSA) is 107 Å². The van der Waals surface area contributed by atoms with Crippen LogP contribution < -0.4 is 5.32 Å². The summed E-state index contributed by atoms with van der Waals surface area (Å²) >= 11 is 0. The van der Waals surface area contributed by atoms with Crippen molar-refractivity contribution >= 4 is 18.0 Å². The number of carboxylic acids is 2. The zero-order valence-corrected chi connectivity index (χ0v) is 10.8. The van der Waals surface area contributed by atoms with Gasteiger partial charge in [0.1, 0.15) is 6.04 Å². The molecule has 0 aliphatic rings. The molecule has 7 nitrogen and oxygen atoms in total. The van der Waals surface area contributed by atoms with E-state index in [1.54, 1.807) is 6.92 Å². The highest BCUT2D eigenvalue weighted by Crippen LogP contribution is 2.01. The maximum atomic E-state index is 11.8. The first kappa shape index (κ1) is 16.2. The van der Waals surface area contributed by atoms with Gasteiger partial charge in [-0.1, -0.05) is 13.8 Å². The molecule has 7 heteroatoms.